The molecule has 1 amide bonds. The third-order valence-corrected chi connectivity index (χ3v) is 3.43. The number of hydrogen-bond donors (Lipinski definition) is 0. The van der Waals surface area contributed by atoms with E-state index < -0.39 is 0 Å². The molecule has 104 valence electrons. The predicted molar refractivity (Wildman–Crippen MR) is 74.2 cm³/mol. The Morgan fingerprint density at radius 3 is 2.70 bits per heavy atom. The molecule has 2 aromatic rings. The third-order valence-electron chi connectivity index (χ3n) is 3.20. The molecule has 1 aliphatic rings. The predicted octanol–water partition coefficient (Wildman–Crippen LogP) is 1.92. The molecule has 1 aliphatic heterocycles. The van der Waals surface area contributed by atoms with Crippen LogP contribution < -0.4 is 5.43 Å². The first-order valence-corrected chi connectivity index (χ1v) is 6.63. The summed E-state index contributed by atoms with van der Waals surface area (Å²) in [5.74, 6) is -0.242. The van der Waals surface area contributed by atoms with Gasteiger partial charge in [0.25, 0.3) is 5.91 Å². The minimum Gasteiger partial charge on any atom is -0.451 e. The summed E-state index contributed by atoms with van der Waals surface area (Å²) in [6.07, 6.45) is 0. The lowest BCUT2D eigenvalue weighted by molar-refractivity contribution is 0.0283. The van der Waals surface area contributed by atoms with Crippen LogP contribution in [0.4, 0.5) is 0 Å². The van der Waals surface area contributed by atoms with E-state index in [1.54, 1.807) is 17.0 Å². The molecule has 0 N–H and O–H groups in total. The Morgan fingerprint density at radius 1 is 1.20 bits per heavy atom. The van der Waals surface area contributed by atoms with Gasteiger partial charge < -0.3 is 14.1 Å². The van der Waals surface area contributed by atoms with Crippen LogP contribution in [0.25, 0.3) is 11.0 Å². The molecule has 0 spiro atoms. The lowest BCUT2D eigenvalue weighted by Crippen LogP contribution is -2.40. The quantitative estimate of drug-likeness (QED) is 0.806. The molecule has 0 bridgehead atoms. The highest BCUT2D eigenvalue weighted by molar-refractivity contribution is 6.31. The standard InChI is InChI=1S/C14H12ClNO4/c15-9-1-2-12-10(7-9)11(17)8-13(20-12)14(18)16-3-5-19-6-4-16/h1-2,7-8H,3-6H2. The summed E-state index contributed by atoms with van der Waals surface area (Å²) in [4.78, 5) is 25.9. The average Bonchev–Trinajstić information content (AvgIpc) is 2.48. The third kappa shape index (κ3) is 2.42. The van der Waals surface area contributed by atoms with Gasteiger partial charge in [0.2, 0.25) is 0 Å². The van der Waals surface area contributed by atoms with Crippen molar-refractivity contribution in [2.75, 3.05) is 26.3 Å². The largest absolute Gasteiger partial charge is 0.451 e. The Kier molecular flexibility index (Phi) is 3.46. The summed E-state index contributed by atoms with van der Waals surface area (Å²) in [6.45, 7) is 2.00. The van der Waals surface area contributed by atoms with Gasteiger partial charge in [-0.2, -0.15) is 0 Å². The van der Waals surface area contributed by atoms with Crippen LogP contribution in [0.15, 0.2) is 33.5 Å². The van der Waals surface area contributed by atoms with E-state index in [0.717, 1.165) is 0 Å². The van der Waals surface area contributed by atoms with Gasteiger partial charge in [-0.3, -0.25) is 9.59 Å². The van der Waals surface area contributed by atoms with Gasteiger partial charge in [-0.1, -0.05) is 11.6 Å². The molecule has 1 fully saturated rings. The second kappa shape index (κ2) is 5.26. The molecule has 5 nitrogen and oxygen atoms in total. The van der Waals surface area contributed by atoms with E-state index in [9.17, 15) is 9.59 Å². The van der Waals surface area contributed by atoms with Gasteiger partial charge in [0.05, 0.1) is 18.6 Å². The van der Waals surface area contributed by atoms with Crippen LogP contribution in [0.1, 0.15) is 10.6 Å². The fourth-order valence-corrected chi connectivity index (χ4v) is 2.33. The molecule has 20 heavy (non-hydrogen) atoms. The number of hydrogen-bond acceptors (Lipinski definition) is 4. The topological polar surface area (TPSA) is 59.8 Å². The van der Waals surface area contributed by atoms with Gasteiger partial charge in [0.15, 0.2) is 11.2 Å². The van der Waals surface area contributed by atoms with Crippen molar-refractivity contribution < 1.29 is 13.9 Å². The zero-order valence-electron chi connectivity index (χ0n) is 10.6. The van der Waals surface area contributed by atoms with E-state index >= 15 is 0 Å². The zero-order chi connectivity index (χ0) is 14.1. The number of nitrogens with zero attached hydrogens (tertiary/aromatic N) is 1. The summed E-state index contributed by atoms with van der Waals surface area (Å²) in [5.41, 5.74) is 0.0869. The molecule has 3 rings (SSSR count). The molecule has 0 radical (unpaired) electrons. The van der Waals surface area contributed by atoms with E-state index in [-0.39, 0.29) is 17.1 Å². The minimum atomic E-state index is -0.290. The van der Waals surface area contributed by atoms with Crippen molar-refractivity contribution in [3.05, 3.63) is 45.3 Å². The monoisotopic (exact) mass is 293 g/mol. The molecule has 0 saturated carbocycles. The van der Waals surface area contributed by atoms with Crippen molar-refractivity contribution in [2.45, 2.75) is 0 Å². The first kappa shape index (κ1) is 13.1. The molecule has 1 aromatic heterocycles. The zero-order valence-corrected chi connectivity index (χ0v) is 11.4. The van der Waals surface area contributed by atoms with Crippen molar-refractivity contribution >= 4 is 28.5 Å². The summed E-state index contributed by atoms with van der Waals surface area (Å²) in [7, 11) is 0. The molecule has 2 heterocycles. The number of fused-ring (bicyclic) bond motifs is 1. The van der Waals surface area contributed by atoms with E-state index in [0.29, 0.717) is 42.3 Å². The van der Waals surface area contributed by atoms with Gasteiger partial charge in [-0.15, -0.1) is 0 Å². The van der Waals surface area contributed by atoms with Crippen molar-refractivity contribution in [2.24, 2.45) is 0 Å². The van der Waals surface area contributed by atoms with Crippen molar-refractivity contribution in [1.29, 1.82) is 0 Å². The van der Waals surface area contributed by atoms with Crippen LogP contribution in [-0.4, -0.2) is 37.1 Å². The van der Waals surface area contributed by atoms with Crippen LogP contribution in [0.2, 0.25) is 5.02 Å². The average molecular weight is 294 g/mol. The fourth-order valence-electron chi connectivity index (χ4n) is 2.16. The Balaban J connectivity index is 2.02. The SMILES string of the molecule is O=C(c1cc(=O)c2cc(Cl)ccc2o1)N1CCOCC1. The number of benzene rings is 1. The number of morpholine rings is 1. The molecule has 6 heteroatoms. The molecule has 0 unspecified atom stereocenters. The molecular weight excluding hydrogens is 282 g/mol. The Bertz CT molecular complexity index is 719. The maximum absolute atomic E-state index is 12.3. The summed E-state index contributed by atoms with van der Waals surface area (Å²) in [5, 5.41) is 0.827. The molecule has 1 saturated heterocycles. The van der Waals surface area contributed by atoms with Crippen LogP contribution >= 0.6 is 11.6 Å². The first-order valence-electron chi connectivity index (χ1n) is 6.25. The highest BCUT2D eigenvalue weighted by Gasteiger charge is 2.21. The van der Waals surface area contributed by atoms with Crippen LogP contribution in [0.5, 0.6) is 0 Å². The van der Waals surface area contributed by atoms with Gasteiger partial charge >= 0.3 is 0 Å². The van der Waals surface area contributed by atoms with Crippen LogP contribution in [0, 0.1) is 0 Å². The number of ether oxygens (including phenoxy) is 1. The van der Waals surface area contributed by atoms with E-state index in [2.05, 4.69) is 0 Å². The highest BCUT2D eigenvalue weighted by atomic mass is 35.5. The second-order valence-electron chi connectivity index (χ2n) is 4.52. The molecular formula is C14H12ClNO4. The van der Waals surface area contributed by atoms with E-state index in [1.165, 1.54) is 12.1 Å². The first-order chi connectivity index (χ1) is 9.65. The maximum atomic E-state index is 12.3. The van der Waals surface area contributed by atoms with Crippen molar-refractivity contribution in [3.63, 3.8) is 0 Å². The smallest absolute Gasteiger partial charge is 0.289 e. The fraction of sp³-hybridized carbons (Fsp3) is 0.286. The number of carbonyl (C=O) groups excluding carboxylic acids is 1. The van der Waals surface area contributed by atoms with Crippen molar-refractivity contribution in [3.8, 4) is 0 Å². The molecule has 0 aliphatic carbocycles. The molecule has 1 aromatic carbocycles. The maximum Gasteiger partial charge on any atom is 0.289 e. The van der Waals surface area contributed by atoms with Gasteiger partial charge in [0, 0.05) is 24.2 Å². The highest BCUT2D eigenvalue weighted by Crippen LogP contribution is 2.18. The van der Waals surface area contributed by atoms with E-state index in [4.69, 9.17) is 20.8 Å². The second-order valence-corrected chi connectivity index (χ2v) is 4.96. The summed E-state index contributed by atoms with van der Waals surface area (Å²) in [6, 6.07) is 5.97. The van der Waals surface area contributed by atoms with Crippen LogP contribution in [-0.2, 0) is 4.74 Å². The Morgan fingerprint density at radius 2 is 1.95 bits per heavy atom. The Hall–Kier alpha value is -1.85. The lowest BCUT2D eigenvalue weighted by Gasteiger charge is -2.26. The number of halogens is 1. The number of carbonyl (C=O) groups is 1. The van der Waals surface area contributed by atoms with E-state index in [1.807, 2.05) is 0 Å². The Labute approximate surface area is 119 Å². The van der Waals surface area contributed by atoms with Crippen molar-refractivity contribution in [1.82, 2.24) is 4.90 Å². The lowest BCUT2D eigenvalue weighted by atomic mass is 10.2. The molecule has 0 atom stereocenters. The summed E-state index contributed by atoms with van der Waals surface area (Å²) < 4.78 is 10.7. The normalized spacial score (nSPS) is 15.6. The van der Waals surface area contributed by atoms with Gasteiger partial charge in [-0.25, -0.2) is 0 Å². The number of rotatable bonds is 1. The minimum absolute atomic E-state index is 0.0479. The van der Waals surface area contributed by atoms with Gasteiger partial charge in [-0.05, 0) is 18.2 Å². The summed E-state index contributed by atoms with van der Waals surface area (Å²) >= 11 is 5.85. The van der Waals surface area contributed by atoms with Gasteiger partial charge in [0.1, 0.15) is 5.58 Å². The van der Waals surface area contributed by atoms with Crippen LogP contribution in [0.3, 0.4) is 0 Å². The number of amides is 1.